The Kier molecular flexibility index (Phi) is 4.88. The molecule has 0 bridgehead atoms. The lowest BCUT2D eigenvalue weighted by Gasteiger charge is -2.10. The molecule has 0 amide bonds. The second-order valence-electron chi connectivity index (χ2n) is 4.49. The van der Waals surface area contributed by atoms with Gasteiger partial charge in [0.2, 0.25) is 0 Å². The van der Waals surface area contributed by atoms with Crippen LogP contribution >= 0.6 is 0 Å². The van der Waals surface area contributed by atoms with E-state index in [0.717, 1.165) is 18.2 Å². The van der Waals surface area contributed by atoms with E-state index in [1.807, 2.05) is 0 Å². The summed E-state index contributed by atoms with van der Waals surface area (Å²) in [5.41, 5.74) is 0.690. The standard InChI is InChI=1S/C16H12F4O3/c1-2-22-15(21)13-8-5-11(9-14(13)17)10-3-6-12(7-4-10)23-16(18,19)20/h3-9H,2H2,1H3. The summed E-state index contributed by atoms with van der Waals surface area (Å²) in [6, 6.07) is 8.84. The van der Waals surface area contributed by atoms with Crippen LogP contribution in [-0.2, 0) is 4.74 Å². The Balaban J connectivity index is 2.22. The van der Waals surface area contributed by atoms with Crippen LogP contribution in [0.1, 0.15) is 17.3 Å². The van der Waals surface area contributed by atoms with Gasteiger partial charge in [-0.2, -0.15) is 0 Å². The van der Waals surface area contributed by atoms with Gasteiger partial charge in [-0.05, 0) is 42.3 Å². The van der Waals surface area contributed by atoms with E-state index in [1.54, 1.807) is 6.92 Å². The average Bonchev–Trinajstić information content (AvgIpc) is 2.46. The van der Waals surface area contributed by atoms with Crippen LogP contribution < -0.4 is 4.74 Å². The zero-order valence-electron chi connectivity index (χ0n) is 12.0. The Morgan fingerprint density at radius 3 is 2.17 bits per heavy atom. The highest BCUT2D eigenvalue weighted by atomic mass is 19.4. The zero-order valence-corrected chi connectivity index (χ0v) is 12.0. The van der Waals surface area contributed by atoms with Crippen molar-refractivity contribution in [3.8, 4) is 16.9 Å². The highest BCUT2D eigenvalue weighted by molar-refractivity contribution is 5.90. The molecule has 0 aliphatic heterocycles. The predicted molar refractivity (Wildman–Crippen MR) is 74.5 cm³/mol. The number of hydrogen-bond acceptors (Lipinski definition) is 3. The van der Waals surface area contributed by atoms with Gasteiger partial charge in [-0.3, -0.25) is 0 Å². The van der Waals surface area contributed by atoms with Gasteiger partial charge in [-0.15, -0.1) is 13.2 Å². The summed E-state index contributed by atoms with van der Waals surface area (Å²) in [6.45, 7) is 1.73. The van der Waals surface area contributed by atoms with Crippen molar-refractivity contribution in [3.05, 3.63) is 53.8 Å². The van der Waals surface area contributed by atoms with E-state index in [0.29, 0.717) is 11.1 Å². The summed E-state index contributed by atoms with van der Waals surface area (Å²) in [6.07, 6.45) is -4.77. The molecule has 0 spiro atoms. The fraction of sp³-hybridized carbons (Fsp3) is 0.188. The van der Waals surface area contributed by atoms with Crippen LogP contribution in [0, 0.1) is 5.82 Å². The van der Waals surface area contributed by atoms with Gasteiger partial charge in [0.05, 0.1) is 12.2 Å². The number of alkyl halides is 3. The van der Waals surface area contributed by atoms with E-state index in [4.69, 9.17) is 4.74 Å². The molecule has 0 unspecified atom stereocenters. The number of carbonyl (C=O) groups excluding carboxylic acids is 1. The molecule has 122 valence electrons. The maximum absolute atomic E-state index is 13.9. The first-order valence-electron chi connectivity index (χ1n) is 6.63. The Labute approximate surface area is 129 Å². The molecule has 0 saturated carbocycles. The Hall–Kier alpha value is -2.57. The second kappa shape index (κ2) is 6.68. The number of rotatable bonds is 4. The van der Waals surface area contributed by atoms with Crippen LogP contribution in [0.2, 0.25) is 0 Å². The van der Waals surface area contributed by atoms with Gasteiger partial charge in [-0.25, -0.2) is 9.18 Å². The van der Waals surface area contributed by atoms with Gasteiger partial charge in [0.15, 0.2) is 0 Å². The Morgan fingerprint density at radius 2 is 1.65 bits per heavy atom. The lowest BCUT2D eigenvalue weighted by Crippen LogP contribution is -2.16. The molecule has 0 saturated heterocycles. The van der Waals surface area contributed by atoms with Crippen LogP contribution in [0.15, 0.2) is 42.5 Å². The van der Waals surface area contributed by atoms with Crippen LogP contribution in [0.4, 0.5) is 17.6 Å². The van der Waals surface area contributed by atoms with Gasteiger partial charge < -0.3 is 9.47 Å². The van der Waals surface area contributed by atoms with Gasteiger partial charge in [0, 0.05) is 0 Å². The number of benzene rings is 2. The van der Waals surface area contributed by atoms with E-state index in [9.17, 15) is 22.4 Å². The molecule has 7 heteroatoms. The van der Waals surface area contributed by atoms with E-state index >= 15 is 0 Å². The first kappa shape index (κ1) is 16.8. The molecular formula is C16H12F4O3. The molecule has 23 heavy (non-hydrogen) atoms. The van der Waals surface area contributed by atoms with Crippen LogP contribution in [0.5, 0.6) is 5.75 Å². The fourth-order valence-corrected chi connectivity index (χ4v) is 1.92. The molecule has 0 N–H and O–H groups in total. The fourth-order valence-electron chi connectivity index (χ4n) is 1.92. The third-order valence-corrected chi connectivity index (χ3v) is 2.89. The summed E-state index contributed by atoms with van der Waals surface area (Å²) in [4.78, 5) is 11.5. The zero-order chi connectivity index (χ0) is 17.0. The number of ether oxygens (including phenoxy) is 2. The van der Waals surface area contributed by atoms with E-state index in [2.05, 4.69) is 4.74 Å². The van der Waals surface area contributed by atoms with Crippen molar-refractivity contribution in [1.82, 2.24) is 0 Å². The van der Waals surface area contributed by atoms with Crippen molar-refractivity contribution in [3.63, 3.8) is 0 Å². The molecule has 3 nitrogen and oxygen atoms in total. The monoisotopic (exact) mass is 328 g/mol. The van der Waals surface area contributed by atoms with E-state index < -0.39 is 18.1 Å². The first-order valence-corrected chi connectivity index (χ1v) is 6.63. The van der Waals surface area contributed by atoms with Crippen molar-refractivity contribution in [2.45, 2.75) is 13.3 Å². The molecule has 0 aliphatic carbocycles. The minimum absolute atomic E-state index is 0.126. The molecule has 0 aliphatic rings. The highest BCUT2D eigenvalue weighted by Gasteiger charge is 2.30. The highest BCUT2D eigenvalue weighted by Crippen LogP contribution is 2.27. The summed E-state index contributed by atoms with van der Waals surface area (Å²) in [5.74, 6) is -1.91. The Bertz CT molecular complexity index is 693. The number of esters is 1. The SMILES string of the molecule is CCOC(=O)c1ccc(-c2ccc(OC(F)(F)F)cc2)cc1F. The Morgan fingerprint density at radius 1 is 1.04 bits per heavy atom. The smallest absolute Gasteiger partial charge is 0.462 e. The van der Waals surface area contributed by atoms with Gasteiger partial charge in [-0.1, -0.05) is 18.2 Å². The van der Waals surface area contributed by atoms with Crippen molar-refractivity contribution < 1.29 is 31.8 Å². The summed E-state index contributed by atoms with van der Waals surface area (Å²) in [7, 11) is 0. The summed E-state index contributed by atoms with van der Waals surface area (Å²) < 4.78 is 58.7. The summed E-state index contributed by atoms with van der Waals surface area (Å²) in [5, 5.41) is 0. The quantitative estimate of drug-likeness (QED) is 0.609. The van der Waals surface area contributed by atoms with Gasteiger partial charge in [0.25, 0.3) is 0 Å². The molecule has 2 aromatic carbocycles. The van der Waals surface area contributed by atoms with Crippen molar-refractivity contribution in [2.24, 2.45) is 0 Å². The van der Waals surface area contributed by atoms with Gasteiger partial charge in [0.1, 0.15) is 11.6 Å². The normalized spacial score (nSPS) is 11.2. The third-order valence-electron chi connectivity index (χ3n) is 2.89. The van der Waals surface area contributed by atoms with Crippen LogP contribution in [0.3, 0.4) is 0 Å². The first-order chi connectivity index (χ1) is 10.8. The number of carbonyl (C=O) groups is 1. The van der Waals surface area contributed by atoms with Crippen LogP contribution in [-0.4, -0.2) is 18.9 Å². The van der Waals surface area contributed by atoms with Crippen molar-refractivity contribution in [1.29, 1.82) is 0 Å². The largest absolute Gasteiger partial charge is 0.573 e. The topological polar surface area (TPSA) is 35.5 Å². The van der Waals surface area contributed by atoms with E-state index in [1.165, 1.54) is 24.3 Å². The molecule has 0 aromatic heterocycles. The third kappa shape index (κ3) is 4.45. The van der Waals surface area contributed by atoms with Crippen molar-refractivity contribution >= 4 is 5.97 Å². The summed E-state index contributed by atoms with van der Waals surface area (Å²) >= 11 is 0. The van der Waals surface area contributed by atoms with Gasteiger partial charge >= 0.3 is 12.3 Å². The molecule has 2 rings (SSSR count). The van der Waals surface area contributed by atoms with Crippen LogP contribution in [0.25, 0.3) is 11.1 Å². The number of hydrogen-bond donors (Lipinski definition) is 0. The minimum Gasteiger partial charge on any atom is -0.462 e. The average molecular weight is 328 g/mol. The lowest BCUT2D eigenvalue weighted by atomic mass is 10.0. The molecule has 0 heterocycles. The predicted octanol–water partition coefficient (Wildman–Crippen LogP) is 4.57. The molecule has 2 aromatic rings. The van der Waals surface area contributed by atoms with E-state index in [-0.39, 0.29) is 17.9 Å². The maximum Gasteiger partial charge on any atom is 0.573 e. The second-order valence-corrected chi connectivity index (χ2v) is 4.49. The minimum atomic E-state index is -4.77. The molecule has 0 atom stereocenters. The van der Waals surface area contributed by atoms with Crippen molar-refractivity contribution in [2.75, 3.05) is 6.61 Å². The maximum atomic E-state index is 13.9. The molecule has 0 radical (unpaired) electrons. The molecular weight excluding hydrogens is 316 g/mol. The number of halogens is 4. The molecule has 0 fully saturated rings. The lowest BCUT2D eigenvalue weighted by molar-refractivity contribution is -0.274.